The number of hydrogen-bond donors (Lipinski definition) is 1. The van der Waals surface area contributed by atoms with Gasteiger partial charge in [-0.05, 0) is 30.7 Å². The van der Waals surface area contributed by atoms with Gasteiger partial charge in [-0.2, -0.15) is 0 Å². The van der Waals surface area contributed by atoms with Crippen LogP contribution in [-0.4, -0.2) is 20.0 Å². The first-order valence-electron chi connectivity index (χ1n) is 10.2. The molecule has 1 aliphatic rings. The van der Waals surface area contributed by atoms with Crippen LogP contribution in [0.15, 0.2) is 52.2 Å². The maximum absolute atomic E-state index is 12.7. The van der Waals surface area contributed by atoms with E-state index in [9.17, 15) is 14.4 Å². The van der Waals surface area contributed by atoms with Crippen molar-refractivity contribution >= 4 is 22.4 Å². The fraction of sp³-hybridized carbons (Fsp3) is 0.364. The van der Waals surface area contributed by atoms with Crippen LogP contribution in [-0.2, 0) is 30.7 Å². The van der Waals surface area contributed by atoms with Crippen molar-refractivity contribution in [3.05, 3.63) is 79.6 Å². The Morgan fingerprint density at radius 2 is 2.03 bits per heavy atom. The van der Waals surface area contributed by atoms with Crippen molar-refractivity contribution < 1.29 is 4.79 Å². The fourth-order valence-corrected chi connectivity index (χ4v) is 4.89. The summed E-state index contributed by atoms with van der Waals surface area (Å²) in [7, 11) is 0. The number of carbonyl (C=O) groups excluding carboxylic acids is 1. The van der Waals surface area contributed by atoms with Gasteiger partial charge < -0.3 is 5.32 Å². The quantitative estimate of drug-likeness (QED) is 0.659. The van der Waals surface area contributed by atoms with Crippen LogP contribution < -0.4 is 16.6 Å². The molecule has 0 spiro atoms. The Bertz CT molecular complexity index is 1160. The van der Waals surface area contributed by atoms with Crippen LogP contribution in [0.1, 0.15) is 35.9 Å². The topological polar surface area (TPSA) is 86.0 Å². The van der Waals surface area contributed by atoms with E-state index in [0.29, 0.717) is 17.6 Å². The van der Waals surface area contributed by atoms with Crippen molar-refractivity contribution in [2.45, 2.75) is 45.7 Å². The first-order valence-corrected chi connectivity index (χ1v) is 11.0. The van der Waals surface area contributed by atoms with Gasteiger partial charge in [0.15, 0.2) is 5.13 Å². The van der Waals surface area contributed by atoms with Gasteiger partial charge in [0, 0.05) is 17.1 Å². The SMILES string of the molecule is CCC1CCc2nc(NC(=O)Cn3c(=O)ccn(Cc4ccccc4)c3=O)sc2C1. The molecule has 4 rings (SSSR count). The van der Waals surface area contributed by atoms with E-state index in [1.807, 2.05) is 30.3 Å². The van der Waals surface area contributed by atoms with Gasteiger partial charge in [-0.25, -0.2) is 9.78 Å². The molecule has 0 radical (unpaired) electrons. The van der Waals surface area contributed by atoms with Crippen molar-refractivity contribution in [3.63, 3.8) is 0 Å². The standard InChI is InChI=1S/C22H24N4O3S/c1-2-15-8-9-17-18(12-15)30-21(23-17)24-19(27)14-26-20(28)10-11-25(22(26)29)13-16-6-4-3-5-7-16/h3-7,10-11,15H,2,8-9,12-14H2,1H3,(H,23,24,27). The minimum absolute atomic E-state index is 0.333. The number of hydrogen-bond acceptors (Lipinski definition) is 5. The van der Waals surface area contributed by atoms with Crippen LogP contribution in [0.2, 0.25) is 0 Å². The lowest BCUT2D eigenvalue weighted by Gasteiger charge is -2.18. The number of amides is 1. The smallest absolute Gasteiger partial charge is 0.300 e. The molecule has 0 aliphatic heterocycles. The van der Waals surface area contributed by atoms with E-state index < -0.39 is 17.2 Å². The van der Waals surface area contributed by atoms with Gasteiger partial charge in [-0.1, -0.05) is 43.7 Å². The van der Waals surface area contributed by atoms with Gasteiger partial charge in [-0.15, -0.1) is 11.3 Å². The zero-order valence-corrected chi connectivity index (χ0v) is 17.7. The molecule has 0 saturated carbocycles. The van der Waals surface area contributed by atoms with E-state index in [2.05, 4.69) is 17.2 Å². The number of anilines is 1. The molecule has 7 nitrogen and oxygen atoms in total. The molecule has 1 unspecified atom stereocenters. The van der Waals surface area contributed by atoms with E-state index in [0.717, 1.165) is 41.5 Å². The minimum Gasteiger partial charge on any atom is -0.300 e. The Morgan fingerprint density at radius 1 is 1.23 bits per heavy atom. The molecular weight excluding hydrogens is 400 g/mol. The highest BCUT2D eigenvalue weighted by molar-refractivity contribution is 7.15. The molecule has 0 fully saturated rings. The van der Waals surface area contributed by atoms with Gasteiger partial charge in [-0.3, -0.25) is 18.7 Å². The molecule has 30 heavy (non-hydrogen) atoms. The van der Waals surface area contributed by atoms with Crippen LogP contribution in [0.4, 0.5) is 5.13 Å². The summed E-state index contributed by atoms with van der Waals surface area (Å²) in [6.45, 7) is 2.19. The molecular formula is C22H24N4O3S. The van der Waals surface area contributed by atoms with Gasteiger partial charge in [0.2, 0.25) is 5.91 Å². The second kappa shape index (κ2) is 8.79. The molecule has 0 bridgehead atoms. The van der Waals surface area contributed by atoms with Gasteiger partial charge in [0.1, 0.15) is 6.54 Å². The first-order chi connectivity index (χ1) is 14.5. The molecule has 3 aromatic rings. The van der Waals surface area contributed by atoms with Gasteiger partial charge in [0.25, 0.3) is 5.56 Å². The van der Waals surface area contributed by atoms with Crippen LogP contribution in [0.25, 0.3) is 0 Å². The molecule has 0 saturated heterocycles. The number of benzene rings is 1. The second-order valence-electron chi connectivity index (χ2n) is 7.59. The predicted octanol–water partition coefficient (Wildman–Crippen LogP) is 2.67. The maximum atomic E-state index is 12.7. The lowest BCUT2D eigenvalue weighted by atomic mass is 9.89. The zero-order chi connectivity index (χ0) is 21.1. The average Bonchev–Trinajstić information content (AvgIpc) is 3.15. The lowest BCUT2D eigenvalue weighted by molar-refractivity contribution is -0.116. The fourth-order valence-electron chi connectivity index (χ4n) is 3.75. The molecule has 156 valence electrons. The zero-order valence-electron chi connectivity index (χ0n) is 16.8. The Morgan fingerprint density at radius 3 is 2.80 bits per heavy atom. The second-order valence-corrected chi connectivity index (χ2v) is 8.67. The first kappa shape index (κ1) is 20.3. The van der Waals surface area contributed by atoms with Crippen molar-refractivity contribution in [1.29, 1.82) is 0 Å². The summed E-state index contributed by atoms with van der Waals surface area (Å²) in [5.41, 5.74) is 0.990. The molecule has 1 aromatic carbocycles. The Labute approximate surface area is 178 Å². The summed E-state index contributed by atoms with van der Waals surface area (Å²) in [6.07, 6.45) is 5.67. The highest BCUT2D eigenvalue weighted by Crippen LogP contribution is 2.33. The molecule has 1 atom stereocenters. The number of fused-ring (bicyclic) bond motifs is 1. The summed E-state index contributed by atoms with van der Waals surface area (Å²) < 4.78 is 2.38. The van der Waals surface area contributed by atoms with E-state index in [1.165, 1.54) is 33.0 Å². The lowest BCUT2D eigenvalue weighted by Crippen LogP contribution is -2.41. The summed E-state index contributed by atoms with van der Waals surface area (Å²) in [6, 6.07) is 10.8. The van der Waals surface area contributed by atoms with Gasteiger partial charge >= 0.3 is 5.69 Å². The van der Waals surface area contributed by atoms with E-state index in [-0.39, 0.29) is 6.54 Å². The molecule has 1 N–H and O–H groups in total. The molecule has 1 aliphatic carbocycles. The summed E-state index contributed by atoms with van der Waals surface area (Å²) in [4.78, 5) is 43.3. The number of thiazole rings is 1. The summed E-state index contributed by atoms with van der Waals surface area (Å²) in [5.74, 6) is 0.247. The van der Waals surface area contributed by atoms with Crippen molar-refractivity contribution in [1.82, 2.24) is 14.1 Å². The summed E-state index contributed by atoms with van der Waals surface area (Å²) in [5, 5.41) is 3.30. The molecule has 8 heteroatoms. The molecule has 2 heterocycles. The maximum Gasteiger partial charge on any atom is 0.331 e. The monoisotopic (exact) mass is 424 g/mol. The summed E-state index contributed by atoms with van der Waals surface area (Å²) >= 11 is 1.49. The third-order valence-electron chi connectivity index (χ3n) is 5.50. The van der Waals surface area contributed by atoms with E-state index in [1.54, 1.807) is 0 Å². The average molecular weight is 425 g/mol. The van der Waals surface area contributed by atoms with Crippen molar-refractivity contribution in [3.8, 4) is 0 Å². The highest BCUT2D eigenvalue weighted by Gasteiger charge is 2.22. The molecule has 1 amide bonds. The number of aryl methyl sites for hydroxylation is 1. The predicted molar refractivity (Wildman–Crippen MR) is 117 cm³/mol. The van der Waals surface area contributed by atoms with Crippen molar-refractivity contribution in [2.24, 2.45) is 5.92 Å². The van der Waals surface area contributed by atoms with Gasteiger partial charge in [0.05, 0.1) is 12.2 Å². The number of rotatable bonds is 6. The number of carbonyl (C=O) groups is 1. The third kappa shape index (κ3) is 4.43. The Balaban J connectivity index is 1.48. The van der Waals surface area contributed by atoms with Crippen LogP contribution in [0.3, 0.4) is 0 Å². The normalized spacial score (nSPS) is 15.6. The highest BCUT2D eigenvalue weighted by atomic mass is 32.1. The minimum atomic E-state index is -0.509. The van der Waals surface area contributed by atoms with Crippen LogP contribution >= 0.6 is 11.3 Å². The number of aromatic nitrogens is 3. The van der Waals surface area contributed by atoms with E-state index in [4.69, 9.17) is 0 Å². The van der Waals surface area contributed by atoms with Crippen LogP contribution in [0.5, 0.6) is 0 Å². The Hall–Kier alpha value is -3.00. The largest absolute Gasteiger partial charge is 0.331 e. The third-order valence-corrected chi connectivity index (χ3v) is 6.54. The van der Waals surface area contributed by atoms with E-state index >= 15 is 0 Å². The van der Waals surface area contributed by atoms with Crippen LogP contribution in [0, 0.1) is 5.92 Å². The molecule has 2 aromatic heterocycles. The number of nitrogens with zero attached hydrogens (tertiary/aromatic N) is 3. The van der Waals surface area contributed by atoms with Crippen molar-refractivity contribution in [2.75, 3.05) is 5.32 Å². The Kier molecular flexibility index (Phi) is 5.94. The number of nitrogens with one attached hydrogen (secondary N) is 1.